The number of hydrogen-bond acceptors (Lipinski definition) is 3. The highest BCUT2D eigenvalue weighted by Crippen LogP contribution is 2.52. The Kier molecular flexibility index (Phi) is 3.31. The molecule has 4 atom stereocenters. The number of carbonyl (C=O) groups is 3. The molecule has 0 aromatic rings. The summed E-state index contributed by atoms with van der Waals surface area (Å²) in [4.78, 5) is 40.5. The summed E-state index contributed by atoms with van der Waals surface area (Å²) in [6.45, 7) is 1.90. The fourth-order valence-corrected chi connectivity index (χ4v) is 4.69. The first-order valence-corrected chi connectivity index (χ1v) is 8.48. The van der Waals surface area contributed by atoms with Gasteiger partial charge in [-0.15, -0.1) is 0 Å². The average molecular weight is 302 g/mol. The van der Waals surface area contributed by atoms with Crippen LogP contribution in [-0.2, 0) is 14.4 Å². The molecule has 0 spiro atoms. The van der Waals surface area contributed by atoms with Gasteiger partial charge in [-0.3, -0.25) is 19.3 Å². The second-order valence-electron chi connectivity index (χ2n) is 7.02. The number of imide groups is 1. The van der Waals surface area contributed by atoms with Gasteiger partial charge in [0, 0.05) is 26.1 Å². The first kappa shape index (κ1) is 14.0. The monoisotopic (exact) mass is 302 g/mol. The van der Waals surface area contributed by atoms with E-state index in [0.717, 1.165) is 32.4 Å². The number of nitrogens with zero attached hydrogens (tertiary/aromatic N) is 2. The number of likely N-dealkylation sites (tertiary alicyclic amines) is 2. The van der Waals surface area contributed by atoms with Gasteiger partial charge in [0.15, 0.2) is 0 Å². The SMILES string of the molecule is O=C(CCN1C(=O)[C@@H]2[C@H](C1=O)[C@H]1C=C[C@@H]2C1)N1CCCCC1. The summed E-state index contributed by atoms with van der Waals surface area (Å²) in [5.74, 6) is 0.193. The summed E-state index contributed by atoms with van der Waals surface area (Å²) in [5.41, 5.74) is 0. The Balaban J connectivity index is 1.39. The van der Waals surface area contributed by atoms with Crippen molar-refractivity contribution in [3.05, 3.63) is 12.2 Å². The Bertz CT molecular complexity index is 520. The Labute approximate surface area is 130 Å². The van der Waals surface area contributed by atoms with Crippen molar-refractivity contribution in [2.75, 3.05) is 19.6 Å². The lowest BCUT2D eigenvalue weighted by Crippen LogP contribution is -2.40. The second kappa shape index (κ2) is 5.21. The molecule has 0 aromatic heterocycles. The lowest BCUT2D eigenvalue weighted by atomic mass is 9.85. The van der Waals surface area contributed by atoms with Crippen molar-refractivity contribution in [1.82, 2.24) is 9.80 Å². The van der Waals surface area contributed by atoms with Gasteiger partial charge in [-0.25, -0.2) is 0 Å². The van der Waals surface area contributed by atoms with E-state index in [2.05, 4.69) is 12.2 Å². The number of hydrogen-bond donors (Lipinski definition) is 0. The molecule has 3 fully saturated rings. The summed E-state index contributed by atoms with van der Waals surface area (Å²) in [5, 5.41) is 0. The predicted molar refractivity (Wildman–Crippen MR) is 79.5 cm³/mol. The highest BCUT2D eigenvalue weighted by Gasteiger charge is 2.59. The van der Waals surface area contributed by atoms with Crippen molar-refractivity contribution in [2.45, 2.75) is 32.1 Å². The molecule has 1 saturated carbocycles. The van der Waals surface area contributed by atoms with Gasteiger partial charge >= 0.3 is 0 Å². The maximum absolute atomic E-state index is 12.5. The molecule has 0 radical (unpaired) electrons. The molecular formula is C17H22N2O3. The minimum atomic E-state index is -0.146. The second-order valence-corrected chi connectivity index (χ2v) is 7.02. The normalized spacial score (nSPS) is 36.4. The molecule has 0 N–H and O–H groups in total. The van der Waals surface area contributed by atoms with Gasteiger partial charge in [-0.05, 0) is 37.5 Å². The molecular weight excluding hydrogens is 280 g/mol. The van der Waals surface area contributed by atoms with E-state index in [1.165, 1.54) is 11.3 Å². The molecule has 2 heterocycles. The maximum atomic E-state index is 12.5. The molecule has 5 nitrogen and oxygen atoms in total. The number of rotatable bonds is 3. The standard InChI is InChI=1S/C17H22N2O3/c20-13(18-7-2-1-3-8-18)6-9-19-16(21)14-11-4-5-12(10-11)15(14)17(19)22/h4-5,11-12,14-15H,1-3,6-10H2/t11-,12+,14+,15-. The molecule has 4 aliphatic rings. The largest absolute Gasteiger partial charge is 0.343 e. The van der Waals surface area contributed by atoms with Crippen molar-refractivity contribution in [1.29, 1.82) is 0 Å². The number of fused-ring (bicyclic) bond motifs is 5. The first-order chi connectivity index (χ1) is 10.7. The summed E-state index contributed by atoms with van der Waals surface area (Å²) in [6.07, 6.45) is 8.73. The first-order valence-electron chi connectivity index (χ1n) is 8.48. The lowest BCUT2D eigenvalue weighted by molar-refractivity contribution is -0.141. The van der Waals surface area contributed by atoms with Crippen LogP contribution in [0.3, 0.4) is 0 Å². The van der Waals surface area contributed by atoms with E-state index >= 15 is 0 Å². The van der Waals surface area contributed by atoms with Crippen LogP contribution >= 0.6 is 0 Å². The summed E-state index contributed by atoms with van der Waals surface area (Å²) >= 11 is 0. The summed E-state index contributed by atoms with van der Waals surface area (Å²) < 4.78 is 0. The molecule has 118 valence electrons. The number of allylic oxidation sites excluding steroid dienone is 2. The number of carbonyl (C=O) groups excluding carboxylic acids is 3. The van der Waals surface area contributed by atoms with Crippen molar-refractivity contribution >= 4 is 17.7 Å². The third-order valence-corrected chi connectivity index (χ3v) is 5.82. The zero-order valence-electron chi connectivity index (χ0n) is 12.7. The van der Waals surface area contributed by atoms with Crippen molar-refractivity contribution < 1.29 is 14.4 Å². The van der Waals surface area contributed by atoms with Gasteiger partial charge in [0.05, 0.1) is 11.8 Å². The highest BCUT2D eigenvalue weighted by molar-refractivity contribution is 6.06. The third kappa shape index (κ3) is 2.02. The smallest absolute Gasteiger partial charge is 0.233 e. The molecule has 4 rings (SSSR count). The Hall–Kier alpha value is -1.65. The third-order valence-electron chi connectivity index (χ3n) is 5.82. The van der Waals surface area contributed by atoms with Crippen LogP contribution in [0.5, 0.6) is 0 Å². The van der Waals surface area contributed by atoms with Gasteiger partial charge in [-0.2, -0.15) is 0 Å². The number of piperidine rings is 1. The van der Waals surface area contributed by atoms with Gasteiger partial charge in [0.25, 0.3) is 0 Å². The van der Waals surface area contributed by atoms with Crippen LogP contribution in [-0.4, -0.2) is 47.2 Å². The van der Waals surface area contributed by atoms with Crippen LogP contribution in [0.2, 0.25) is 0 Å². The molecule has 0 aromatic carbocycles. The topological polar surface area (TPSA) is 57.7 Å². The van der Waals surface area contributed by atoms with Crippen LogP contribution in [0.15, 0.2) is 12.2 Å². The number of amides is 3. The van der Waals surface area contributed by atoms with E-state index in [1.807, 2.05) is 4.90 Å². The van der Waals surface area contributed by atoms with E-state index in [0.29, 0.717) is 0 Å². The zero-order valence-corrected chi connectivity index (χ0v) is 12.7. The van der Waals surface area contributed by atoms with Crippen LogP contribution in [0.25, 0.3) is 0 Å². The van der Waals surface area contributed by atoms with E-state index in [1.54, 1.807) is 0 Å². The molecule has 2 bridgehead atoms. The van der Waals surface area contributed by atoms with E-state index in [9.17, 15) is 14.4 Å². The van der Waals surface area contributed by atoms with Crippen LogP contribution < -0.4 is 0 Å². The van der Waals surface area contributed by atoms with E-state index < -0.39 is 0 Å². The van der Waals surface area contributed by atoms with Gasteiger partial charge in [0.1, 0.15) is 0 Å². The van der Waals surface area contributed by atoms with Gasteiger partial charge in [-0.1, -0.05) is 12.2 Å². The molecule has 2 aliphatic heterocycles. The van der Waals surface area contributed by atoms with Crippen molar-refractivity contribution in [2.24, 2.45) is 23.7 Å². The van der Waals surface area contributed by atoms with Crippen LogP contribution in [0.1, 0.15) is 32.1 Å². The molecule has 2 aliphatic carbocycles. The summed E-state index contributed by atoms with van der Waals surface area (Å²) in [7, 11) is 0. The minimum absolute atomic E-state index is 0.0432. The lowest BCUT2D eigenvalue weighted by Gasteiger charge is -2.27. The van der Waals surface area contributed by atoms with E-state index in [4.69, 9.17) is 0 Å². The van der Waals surface area contributed by atoms with Gasteiger partial charge in [0.2, 0.25) is 17.7 Å². The van der Waals surface area contributed by atoms with Crippen molar-refractivity contribution in [3.63, 3.8) is 0 Å². The van der Waals surface area contributed by atoms with Gasteiger partial charge < -0.3 is 4.90 Å². The fraction of sp³-hybridized carbons (Fsp3) is 0.706. The molecule has 2 saturated heterocycles. The quantitative estimate of drug-likeness (QED) is 0.581. The molecule has 22 heavy (non-hydrogen) atoms. The fourth-order valence-electron chi connectivity index (χ4n) is 4.69. The van der Waals surface area contributed by atoms with Crippen LogP contribution in [0.4, 0.5) is 0 Å². The Morgan fingerprint density at radius 1 is 1.00 bits per heavy atom. The predicted octanol–water partition coefficient (Wildman–Crippen LogP) is 1.20. The highest BCUT2D eigenvalue weighted by atomic mass is 16.2. The van der Waals surface area contributed by atoms with E-state index in [-0.39, 0.29) is 54.4 Å². The molecule has 3 amide bonds. The zero-order chi connectivity index (χ0) is 15.3. The minimum Gasteiger partial charge on any atom is -0.343 e. The Morgan fingerprint density at radius 3 is 2.18 bits per heavy atom. The average Bonchev–Trinajstić information content (AvgIpc) is 3.21. The molecule has 0 unspecified atom stereocenters. The maximum Gasteiger partial charge on any atom is 0.233 e. The summed E-state index contributed by atoms with van der Waals surface area (Å²) in [6, 6.07) is 0. The molecule has 5 heteroatoms. The Morgan fingerprint density at radius 2 is 1.59 bits per heavy atom. The van der Waals surface area contributed by atoms with Crippen molar-refractivity contribution in [3.8, 4) is 0 Å². The van der Waals surface area contributed by atoms with Crippen LogP contribution in [0, 0.1) is 23.7 Å².